The van der Waals surface area contributed by atoms with Crippen molar-refractivity contribution in [2.75, 3.05) is 45.2 Å². The molecule has 2 heterocycles. The van der Waals surface area contributed by atoms with E-state index in [0.29, 0.717) is 17.4 Å². The van der Waals surface area contributed by atoms with E-state index in [1.807, 2.05) is 0 Å². The summed E-state index contributed by atoms with van der Waals surface area (Å²) >= 11 is 0. The smallest absolute Gasteiger partial charge is 0.257 e. The van der Waals surface area contributed by atoms with E-state index in [2.05, 4.69) is 4.98 Å². The molecule has 0 radical (unpaired) electrons. The van der Waals surface area contributed by atoms with Crippen molar-refractivity contribution in [3.8, 4) is 0 Å². The largest absolute Gasteiger partial charge is 0.362 e. The lowest BCUT2D eigenvalue weighted by atomic mass is 10.2. The molecule has 0 bridgehead atoms. The quantitative estimate of drug-likeness (QED) is 0.765. The van der Waals surface area contributed by atoms with Gasteiger partial charge < -0.3 is 9.80 Å². The SMILES string of the molecule is CN(C)c1ncccc1C(=O)N1CCN(S(=O)(=O)c2ccc(F)cc2F)CC1. The number of amides is 1. The first-order chi connectivity index (χ1) is 13.2. The molecular weight excluding hydrogens is 390 g/mol. The Hall–Kier alpha value is -2.59. The second-order valence-corrected chi connectivity index (χ2v) is 8.45. The molecule has 7 nitrogen and oxygen atoms in total. The average molecular weight is 410 g/mol. The van der Waals surface area contributed by atoms with Crippen molar-refractivity contribution in [3.63, 3.8) is 0 Å². The van der Waals surface area contributed by atoms with E-state index < -0.39 is 26.6 Å². The van der Waals surface area contributed by atoms with Crippen molar-refractivity contribution >= 4 is 21.7 Å². The predicted molar refractivity (Wildman–Crippen MR) is 99.6 cm³/mol. The summed E-state index contributed by atoms with van der Waals surface area (Å²) in [6, 6.07) is 5.69. The zero-order valence-corrected chi connectivity index (χ0v) is 16.3. The Morgan fingerprint density at radius 2 is 1.79 bits per heavy atom. The first kappa shape index (κ1) is 20.2. The summed E-state index contributed by atoms with van der Waals surface area (Å²) in [5, 5.41) is 0. The summed E-state index contributed by atoms with van der Waals surface area (Å²) in [5.41, 5.74) is 0.424. The van der Waals surface area contributed by atoms with Gasteiger partial charge in [0.1, 0.15) is 22.3 Å². The van der Waals surface area contributed by atoms with Crippen LogP contribution in [0.15, 0.2) is 41.4 Å². The van der Waals surface area contributed by atoms with Gasteiger partial charge in [0.25, 0.3) is 5.91 Å². The van der Waals surface area contributed by atoms with Crippen LogP contribution in [0.1, 0.15) is 10.4 Å². The minimum Gasteiger partial charge on any atom is -0.362 e. The number of rotatable bonds is 4. The number of carbonyl (C=O) groups excluding carboxylic acids is 1. The first-order valence-corrected chi connectivity index (χ1v) is 10.0. The Morgan fingerprint density at radius 3 is 2.39 bits per heavy atom. The Balaban J connectivity index is 1.75. The van der Waals surface area contributed by atoms with Crippen LogP contribution in [-0.4, -0.2) is 68.8 Å². The van der Waals surface area contributed by atoms with Crippen LogP contribution in [0, 0.1) is 11.6 Å². The zero-order chi connectivity index (χ0) is 20.5. The molecule has 0 unspecified atom stereocenters. The van der Waals surface area contributed by atoms with Crippen molar-refractivity contribution in [2.45, 2.75) is 4.90 Å². The zero-order valence-electron chi connectivity index (χ0n) is 15.5. The highest BCUT2D eigenvalue weighted by atomic mass is 32.2. The van der Waals surface area contributed by atoms with Gasteiger partial charge in [0.2, 0.25) is 10.0 Å². The molecule has 0 spiro atoms. The van der Waals surface area contributed by atoms with E-state index in [1.54, 1.807) is 37.3 Å². The number of carbonyl (C=O) groups is 1. The lowest BCUT2D eigenvalue weighted by Crippen LogP contribution is -2.50. The van der Waals surface area contributed by atoms with Gasteiger partial charge >= 0.3 is 0 Å². The van der Waals surface area contributed by atoms with E-state index in [9.17, 15) is 22.0 Å². The number of pyridine rings is 1. The number of aromatic nitrogens is 1. The van der Waals surface area contributed by atoms with Crippen LogP contribution in [0.25, 0.3) is 0 Å². The van der Waals surface area contributed by atoms with Gasteiger partial charge in [-0.05, 0) is 24.3 Å². The molecule has 0 aliphatic carbocycles. The summed E-state index contributed by atoms with van der Waals surface area (Å²) < 4.78 is 53.4. The number of nitrogens with zero attached hydrogens (tertiary/aromatic N) is 4. The lowest BCUT2D eigenvalue weighted by molar-refractivity contribution is 0.0698. The third-order valence-corrected chi connectivity index (χ3v) is 6.41. The summed E-state index contributed by atoms with van der Waals surface area (Å²) in [6.45, 7) is 0.343. The molecule has 1 saturated heterocycles. The van der Waals surface area contributed by atoms with Crippen LogP contribution in [0.2, 0.25) is 0 Å². The lowest BCUT2D eigenvalue weighted by Gasteiger charge is -2.34. The van der Waals surface area contributed by atoms with Crippen LogP contribution in [-0.2, 0) is 10.0 Å². The van der Waals surface area contributed by atoms with Gasteiger partial charge in [-0.15, -0.1) is 0 Å². The fourth-order valence-corrected chi connectivity index (χ4v) is 4.51. The molecule has 1 aliphatic heterocycles. The number of halogens is 2. The maximum atomic E-state index is 13.9. The van der Waals surface area contributed by atoms with Crippen molar-refractivity contribution in [2.24, 2.45) is 0 Å². The molecule has 1 fully saturated rings. The number of benzene rings is 1. The highest BCUT2D eigenvalue weighted by Gasteiger charge is 2.33. The summed E-state index contributed by atoms with van der Waals surface area (Å²) in [4.78, 5) is 19.7. The normalized spacial score (nSPS) is 15.5. The van der Waals surface area contributed by atoms with Gasteiger partial charge in [-0.2, -0.15) is 4.31 Å². The maximum Gasteiger partial charge on any atom is 0.257 e. The monoisotopic (exact) mass is 410 g/mol. The van der Waals surface area contributed by atoms with Crippen LogP contribution >= 0.6 is 0 Å². The molecule has 0 atom stereocenters. The number of sulfonamides is 1. The third-order valence-electron chi connectivity index (χ3n) is 4.48. The molecule has 0 saturated carbocycles. The van der Waals surface area contributed by atoms with Crippen LogP contribution in [0.5, 0.6) is 0 Å². The van der Waals surface area contributed by atoms with Crippen molar-refractivity contribution in [1.29, 1.82) is 0 Å². The van der Waals surface area contributed by atoms with Crippen LogP contribution in [0.4, 0.5) is 14.6 Å². The molecule has 28 heavy (non-hydrogen) atoms. The van der Waals surface area contributed by atoms with Crippen molar-refractivity contribution in [3.05, 3.63) is 53.7 Å². The van der Waals surface area contributed by atoms with Crippen molar-refractivity contribution < 1.29 is 22.0 Å². The van der Waals surface area contributed by atoms with Crippen molar-refractivity contribution in [1.82, 2.24) is 14.2 Å². The Kier molecular flexibility index (Phi) is 5.61. The molecular formula is C18H20F2N4O3S. The Labute approximate surface area is 162 Å². The highest BCUT2D eigenvalue weighted by Crippen LogP contribution is 2.23. The number of hydrogen-bond acceptors (Lipinski definition) is 5. The standard InChI is InChI=1S/C18H20F2N4O3S/c1-22(2)17-14(4-3-7-21-17)18(25)23-8-10-24(11-9-23)28(26,27)16-6-5-13(19)12-15(16)20/h3-7,12H,8-11H2,1-2H3. The number of hydrogen-bond donors (Lipinski definition) is 0. The fraction of sp³-hybridized carbons (Fsp3) is 0.333. The van der Waals surface area contributed by atoms with Gasteiger partial charge in [0.05, 0.1) is 5.56 Å². The molecule has 10 heteroatoms. The Bertz CT molecular complexity index is 990. The summed E-state index contributed by atoms with van der Waals surface area (Å²) in [7, 11) is -0.554. The summed E-state index contributed by atoms with van der Waals surface area (Å²) in [5.74, 6) is -1.71. The van der Waals surface area contributed by atoms with Gasteiger partial charge in [0.15, 0.2) is 0 Å². The molecule has 1 aromatic carbocycles. The topological polar surface area (TPSA) is 73.8 Å². The van der Waals surface area contributed by atoms with Crippen LogP contribution in [0.3, 0.4) is 0 Å². The van der Waals surface area contributed by atoms with E-state index >= 15 is 0 Å². The van der Waals surface area contributed by atoms with E-state index in [-0.39, 0.29) is 32.1 Å². The molecule has 0 N–H and O–H groups in total. The fourth-order valence-electron chi connectivity index (χ4n) is 3.05. The maximum absolute atomic E-state index is 13.9. The van der Waals surface area contributed by atoms with Gasteiger partial charge in [0, 0.05) is 52.5 Å². The molecule has 1 aliphatic rings. The first-order valence-electron chi connectivity index (χ1n) is 8.58. The molecule has 3 rings (SSSR count). The average Bonchev–Trinajstić information content (AvgIpc) is 2.67. The number of piperazine rings is 1. The third kappa shape index (κ3) is 3.83. The second-order valence-electron chi connectivity index (χ2n) is 6.54. The van der Waals surface area contributed by atoms with Gasteiger partial charge in [-0.25, -0.2) is 22.2 Å². The second kappa shape index (κ2) is 7.80. The predicted octanol–water partition coefficient (Wildman–Crippen LogP) is 1.57. The Morgan fingerprint density at radius 1 is 1.11 bits per heavy atom. The summed E-state index contributed by atoms with van der Waals surface area (Å²) in [6.07, 6.45) is 1.59. The molecule has 1 aromatic heterocycles. The molecule has 150 valence electrons. The van der Waals surface area contributed by atoms with E-state index in [0.717, 1.165) is 16.4 Å². The van der Waals surface area contributed by atoms with Gasteiger partial charge in [-0.1, -0.05) is 0 Å². The van der Waals surface area contributed by atoms with E-state index in [4.69, 9.17) is 0 Å². The minimum absolute atomic E-state index is 0.0163. The highest BCUT2D eigenvalue weighted by molar-refractivity contribution is 7.89. The van der Waals surface area contributed by atoms with Crippen LogP contribution < -0.4 is 4.90 Å². The van der Waals surface area contributed by atoms with Gasteiger partial charge in [-0.3, -0.25) is 4.79 Å². The molecule has 2 aromatic rings. The van der Waals surface area contributed by atoms with E-state index in [1.165, 1.54) is 4.90 Å². The molecule has 1 amide bonds. The minimum atomic E-state index is -4.11. The number of anilines is 1.